The number of rotatable bonds is 18. The molecule has 0 aliphatic carbocycles. The largest absolute Gasteiger partial charge is 0.505 e. The average molecular weight is 463 g/mol. The number of hydrogen-bond donors (Lipinski definition) is 7. The lowest BCUT2D eigenvalue weighted by Gasteiger charge is -2.22. The Morgan fingerprint density at radius 3 is 1.84 bits per heavy atom. The van der Waals surface area contributed by atoms with Crippen molar-refractivity contribution in [3.05, 3.63) is 0 Å². The summed E-state index contributed by atoms with van der Waals surface area (Å²) in [7, 11) is 0. The number of amides is 3. The second-order valence-corrected chi connectivity index (χ2v) is 7.40. The zero-order valence-electron chi connectivity index (χ0n) is 18.4. The van der Waals surface area contributed by atoms with Crippen molar-refractivity contribution in [3.8, 4) is 0 Å². The van der Waals surface area contributed by atoms with E-state index in [0.29, 0.717) is 45.2 Å². The first-order chi connectivity index (χ1) is 15.2. The van der Waals surface area contributed by atoms with Crippen LogP contribution in [-0.4, -0.2) is 73.6 Å². The molecule has 0 saturated heterocycles. The summed E-state index contributed by atoms with van der Waals surface area (Å²) < 4.78 is 9.76. The van der Waals surface area contributed by atoms with Crippen molar-refractivity contribution in [1.82, 2.24) is 10.6 Å². The Bertz CT molecular complexity index is 578. The maximum Gasteiger partial charge on any atom is 0.505 e. The number of alkyl carbamates (subject to hydrolysis) is 1. The van der Waals surface area contributed by atoms with Gasteiger partial charge in [-0.1, -0.05) is 12.8 Å². The number of primary amides is 1. The smallest absolute Gasteiger partial charge is 0.450 e. The van der Waals surface area contributed by atoms with Crippen LogP contribution in [0.5, 0.6) is 0 Å². The molecular formula is C19H38N6O7. The van der Waals surface area contributed by atoms with Gasteiger partial charge >= 0.3 is 12.2 Å². The topological polar surface area (TPSA) is 235 Å². The molecule has 0 bridgehead atoms. The van der Waals surface area contributed by atoms with Gasteiger partial charge in [0.2, 0.25) is 11.8 Å². The van der Waals surface area contributed by atoms with Gasteiger partial charge in [-0.25, -0.2) is 9.59 Å². The lowest BCUT2D eigenvalue weighted by atomic mass is 10.1. The number of nitrogens with two attached hydrogens (primary N) is 4. The second-order valence-electron chi connectivity index (χ2n) is 7.40. The van der Waals surface area contributed by atoms with E-state index >= 15 is 0 Å². The van der Waals surface area contributed by atoms with Crippen LogP contribution in [0.25, 0.3) is 0 Å². The van der Waals surface area contributed by atoms with Gasteiger partial charge in [-0.2, -0.15) is 0 Å². The third kappa shape index (κ3) is 16.1. The van der Waals surface area contributed by atoms with Crippen LogP contribution < -0.4 is 33.6 Å². The maximum atomic E-state index is 12.3. The molecule has 13 heteroatoms. The van der Waals surface area contributed by atoms with Crippen molar-refractivity contribution in [1.29, 1.82) is 0 Å². The highest BCUT2D eigenvalue weighted by Gasteiger charge is 2.21. The first-order valence-corrected chi connectivity index (χ1v) is 10.7. The predicted molar refractivity (Wildman–Crippen MR) is 116 cm³/mol. The number of carbonyl (C=O) groups excluding carboxylic acids is 3. The molecule has 0 saturated carbocycles. The van der Waals surface area contributed by atoms with Crippen molar-refractivity contribution in [3.63, 3.8) is 0 Å². The highest BCUT2D eigenvalue weighted by atomic mass is 16.7. The molecule has 32 heavy (non-hydrogen) atoms. The zero-order chi connectivity index (χ0) is 24.4. The first-order valence-electron chi connectivity index (χ1n) is 10.7. The van der Waals surface area contributed by atoms with Gasteiger partial charge in [0.25, 0.3) is 0 Å². The van der Waals surface area contributed by atoms with Gasteiger partial charge in [0, 0.05) is 6.42 Å². The molecule has 0 radical (unpaired) electrons. The molecule has 0 spiro atoms. The molecule has 3 amide bonds. The summed E-state index contributed by atoms with van der Waals surface area (Å²) in [6, 6.07) is -2.00. The number of carboxylic acid groups (broad SMARTS) is 1. The Morgan fingerprint density at radius 2 is 1.34 bits per heavy atom. The van der Waals surface area contributed by atoms with Crippen LogP contribution >= 0.6 is 0 Å². The molecule has 186 valence electrons. The number of hydrogen-bond acceptors (Lipinski definition) is 9. The Balaban J connectivity index is 4.74. The molecule has 3 atom stereocenters. The van der Waals surface area contributed by atoms with Crippen LogP contribution in [0.1, 0.15) is 51.4 Å². The van der Waals surface area contributed by atoms with E-state index in [4.69, 9.17) is 32.8 Å². The average Bonchev–Trinajstić information content (AvgIpc) is 2.73. The molecule has 0 fully saturated rings. The molecule has 0 unspecified atom stereocenters. The summed E-state index contributed by atoms with van der Waals surface area (Å²) >= 11 is 0. The lowest BCUT2D eigenvalue weighted by Crippen LogP contribution is -2.48. The highest BCUT2D eigenvalue weighted by molar-refractivity contribution is 5.83. The number of nitrogens with one attached hydrogen (secondary N) is 2. The van der Waals surface area contributed by atoms with E-state index in [1.54, 1.807) is 0 Å². The van der Waals surface area contributed by atoms with Gasteiger partial charge < -0.3 is 48.1 Å². The van der Waals surface area contributed by atoms with Gasteiger partial charge in [0.15, 0.2) is 0 Å². The minimum atomic E-state index is -1.45. The summed E-state index contributed by atoms with van der Waals surface area (Å²) in [5, 5.41) is 13.9. The fourth-order valence-electron chi connectivity index (χ4n) is 2.76. The van der Waals surface area contributed by atoms with Gasteiger partial charge in [0.05, 0.1) is 18.1 Å². The van der Waals surface area contributed by atoms with Crippen molar-refractivity contribution in [2.75, 3.05) is 26.3 Å². The number of ether oxygens (including phenoxy) is 2. The number of unbranched alkanes of at least 4 members (excludes halogenated alkanes) is 2. The molecule has 0 aromatic rings. The SMILES string of the molecule is NCCCC[C@@H](COC(=O)O)NC(=O)OC[C@H](CCCCN)NC(=O)[C@H](N)CCC(N)=O. The summed E-state index contributed by atoms with van der Waals surface area (Å²) in [5.41, 5.74) is 21.8. The molecule has 0 aromatic heterocycles. The molecule has 0 heterocycles. The summed E-state index contributed by atoms with van der Waals surface area (Å²) in [6.07, 6.45) is 1.63. The highest BCUT2D eigenvalue weighted by Crippen LogP contribution is 2.05. The fraction of sp³-hybridized carbons (Fsp3) is 0.789. The van der Waals surface area contributed by atoms with Gasteiger partial charge in [-0.3, -0.25) is 9.59 Å². The summed E-state index contributed by atoms with van der Waals surface area (Å²) in [5.74, 6) is -1.04. The van der Waals surface area contributed by atoms with Crippen molar-refractivity contribution in [2.24, 2.45) is 22.9 Å². The zero-order valence-corrected chi connectivity index (χ0v) is 18.4. The van der Waals surface area contributed by atoms with Crippen LogP contribution in [0.2, 0.25) is 0 Å². The fourth-order valence-corrected chi connectivity index (χ4v) is 2.76. The second kappa shape index (κ2) is 18.0. The first kappa shape index (κ1) is 29.4. The van der Waals surface area contributed by atoms with Crippen LogP contribution in [0, 0.1) is 0 Å². The standard InChI is InChI=1S/C19H38N6O7/c20-9-3-1-5-13(24-17(27)15(22)7-8-16(23)26)11-31-18(28)25-14(6-2-4-10-21)12-32-19(29)30/h13-15H,1-12,20-22H2,(H2,23,26)(H,24,27)(H,25,28)(H,29,30)/t13-,14-,15+/m0/s1. The van der Waals surface area contributed by atoms with E-state index in [9.17, 15) is 19.2 Å². The minimum absolute atomic E-state index is 0.0186. The maximum absolute atomic E-state index is 12.3. The van der Waals surface area contributed by atoms with Gasteiger partial charge in [-0.05, 0) is 45.2 Å². The third-order valence-electron chi connectivity index (χ3n) is 4.54. The normalized spacial score (nSPS) is 13.5. The summed E-state index contributed by atoms with van der Waals surface area (Å²) in [4.78, 5) is 46.0. The molecule has 0 rings (SSSR count). The van der Waals surface area contributed by atoms with Crippen LogP contribution in [0.15, 0.2) is 0 Å². The Labute approximate surface area is 187 Å². The van der Waals surface area contributed by atoms with E-state index in [0.717, 1.165) is 6.42 Å². The third-order valence-corrected chi connectivity index (χ3v) is 4.54. The van der Waals surface area contributed by atoms with E-state index in [2.05, 4.69) is 15.4 Å². The van der Waals surface area contributed by atoms with Crippen molar-refractivity contribution >= 4 is 24.1 Å². The monoisotopic (exact) mass is 462 g/mol. The van der Waals surface area contributed by atoms with Gasteiger partial charge in [-0.15, -0.1) is 0 Å². The minimum Gasteiger partial charge on any atom is -0.450 e. The van der Waals surface area contributed by atoms with Crippen LogP contribution in [-0.2, 0) is 19.1 Å². The Morgan fingerprint density at radius 1 is 0.812 bits per heavy atom. The molecule has 0 aliphatic rings. The Hall–Kier alpha value is -2.64. The predicted octanol–water partition coefficient (Wildman–Crippen LogP) is -0.889. The van der Waals surface area contributed by atoms with E-state index in [1.165, 1.54) is 0 Å². The van der Waals surface area contributed by atoms with E-state index in [-0.39, 0.29) is 26.1 Å². The van der Waals surface area contributed by atoms with Crippen LogP contribution in [0.3, 0.4) is 0 Å². The van der Waals surface area contributed by atoms with Crippen molar-refractivity contribution in [2.45, 2.75) is 69.5 Å². The molecule has 11 N–H and O–H groups in total. The molecular weight excluding hydrogens is 424 g/mol. The van der Waals surface area contributed by atoms with E-state index < -0.39 is 42.2 Å². The quantitative estimate of drug-likeness (QED) is 0.0979. The Kier molecular flexibility index (Phi) is 16.5. The lowest BCUT2D eigenvalue weighted by molar-refractivity contribution is -0.124. The van der Waals surface area contributed by atoms with Gasteiger partial charge in [0.1, 0.15) is 13.2 Å². The van der Waals surface area contributed by atoms with Crippen LogP contribution in [0.4, 0.5) is 9.59 Å². The molecule has 0 aliphatic heterocycles. The van der Waals surface area contributed by atoms with Crippen molar-refractivity contribution < 1.29 is 33.8 Å². The number of carbonyl (C=O) groups is 4. The summed E-state index contributed by atoms with van der Waals surface area (Å²) in [6.45, 7) is 0.608. The van der Waals surface area contributed by atoms with E-state index in [1.807, 2.05) is 0 Å². The molecule has 0 aromatic carbocycles. The molecule has 13 nitrogen and oxygen atoms in total.